The van der Waals surface area contributed by atoms with Crippen LogP contribution >= 0.6 is 0 Å². The van der Waals surface area contributed by atoms with Gasteiger partial charge in [-0.15, -0.1) is 0 Å². The van der Waals surface area contributed by atoms with Gasteiger partial charge in [-0.2, -0.15) is 0 Å². The van der Waals surface area contributed by atoms with E-state index in [9.17, 15) is 14.7 Å². The lowest BCUT2D eigenvalue weighted by Gasteiger charge is -2.28. The summed E-state index contributed by atoms with van der Waals surface area (Å²) in [7, 11) is 0. The molecule has 0 saturated heterocycles. The molecule has 0 aromatic carbocycles. The van der Waals surface area contributed by atoms with Gasteiger partial charge in [-0.05, 0) is 31.6 Å². The van der Waals surface area contributed by atoms with Gasteiger partial charge < -0.3 is 10.4 Å². The molecule has 1 amide bonds. The zero-order chi connectivity index (χ0) is 13.0. The number of aliphatic carboxylic acids is 1. The van der Waals surface area contributed by atoms with Crippen molar-refractivity contribution in [2.24, 2.45) is 11.8 Å². The fourth-order valence-corrected chi connectivity index (χ4v) is 2.95. The van der Waals surface area contributed by atoms with E-state index in [1.807, 2.05) is 12.2 Å². The Kier molecular flexibility index (Phi) is 4.39. The minimum absolute atomic E-state index is 0.0598. The SMILES string of the molecule is O=C(NC(C(=O)O)C1CCCCC1)C1CC=CC1. The van der Waals surface area contributed by atoms with Crippen LogP contribution in [0.2, 0.25) is 0 Å². The van der Waals surface area contributed by atoms with Gasteiger partial charge in [0.1, 0.15) is 6.04 Å². The Hall–Kier alpha value is -1.32. The molecule has 0 aromatic rings. The Morgan fingerprint density at radius 1 is 1.11 bits per heavy atom. The highest BCUT2D eigenvalue weighted by atomic mass is 16.4. The number of carbonyl (C=O) groups excluding carboxylic acids is 1. The number of nitrogens with one attached hydrogen (secondary N) is 1. The van der Waals surface area contributed by atoms with Gasteiger partial charge in [0, 0.05) is 5.92 Å². The van der Waals surface area contributed by atoms with E-state index in [1.54, 1.807) is 0 Å². The van der Waals surface area contributed by atoms with Gasteiger partial charge in [0.15, 0.2) is 0 Å². The van der Waals surface area contributed by atoms with Crippen LogP contribution in [-0.4, -0.2) is 23.0 Å². The van der Waals surface area contributed by atoms with Crippen LogP contribution in [0.25, 0.3) is 0 Å². The van der Waals surface area contributed by atoms with Crippen molar-refractivity contribution in [3.05, 3.63) is 12.2 Å². The molecule has 1 saturated carbocycles. The number of carboxylic acids is 1. The molecule has 0 aromatic heterocycles. The molecule has 4 heteroatoms. The third-order valence-corrected chi connectivity index (χ3v) is 4.06. The second-order valence-corrected chi connectivity index (χ2v) is 5.36. The van der Waals surface area contributed by atoms with Crippen molar-refractivity contribution in [2.75, 3.05) is 0 Å². The molecule has 1 unspecified atom stereocenters. The van der Waals surface area contributed by atoms with Crippen LogP contribution in [0.15, 0.2) is 12.2 Å². The fourth-order valence-electron chi connectivity index (χ4n) is 2.95. The highest BCUT2D eigenvalue weighted by Crippen LogP contribution is 2.27. The van der Waals surface area contributed by atoms with Gasteiger partial charge in [-0.1, -0.05) is 31.4 Å². The maximum atomic E-state index is 12.0. The van der Waals surface area contributed by atoms with Crippen molar-refractivity contribution in [1.29, 1.82) is 0 Å². The van der Waals surface area contributed by atoms with Crippen molar-refractivity contribution < 1.29 is 14.7 Å². The number of rotatable bonds is 4. The smallest absolute Gasteiger partial charge is 0.326 e. The largest absolute Gasteiger partial charge is 0.480 e. The molecule has 2 aliphatic rings. The van der Waals surface area contributed by atoms with Gasteiger partial charge in [-0.3, -0.25) is 4.79 Å². The summed E-state index contributed by atoms with van der Waals surface area (Å²) in [6, 6.07) is -0.696. The standard InChI is InChI=1S/C14H21NO3/c16-13(11-8-4-5-9-11)15-12(14(17)18)10-6-2-1-3-7-10/h4-5,10-12H,1-3,6-9H2,(H,15,16)(H,17,18). The van der Waals surface area contributed by atoms with E-state index >= 15 is 0 Å². The van der Waals surface area contributed by atoms with Gasteiger partial charge >= 0.3 is 5.97 Å². The highest BCUT2D eigenvalue weighted by Gasteiger charge is 2.32. The summed E-state index contributed by atoms with van der Waals surface area (Å²) >= 11 is 0. The van der Waals surface area contributed by atoms with E-state index in [4.69, 9.17) is 0 Å². The minimum Gasteiger partial charge on any atom is -0.480 e. The van der Waals surface area contributed by atoms with Crippen LogP contribution in [0.5, 0.6) is 0 Å². The Balaban J connectivity index is 1.92. The van der Waals surface area contributed by atoms with Crippen LogP contribution in [0.4, 0.5) is 0 Å². The Bertz CT molecular complexity index is 337. The Morgan fingerprint density at radius 2 is 1.72 bits per heavy atom. The summed E-state index contributed by atoms with van der Waals surface area (Å²) in [5.74, 6) is -0.941. The molecule has 100 valence electrons. The summed E-state index contributed by atoms with van der Waals surface area (Å²) in [6.45, 7) is 0. The number of hydrogen-bond acceptors (Lipinski definition) is 2. The van der Waals surface area contributed by atoms with E-state index < -0.39 is 12.0 Å². The first-order valence-corrected chi connectivity index (χ1v) is 6.86. The molecule has 0 bridgehead atoms. The van der Waals surface area contributed by atoms with E-state index in [0.717, 1.165) is 38.5 Å². The fraction of sp³-hybridized carbons (Fsp3) is 0.714. The van der Waals surface area contributed by atoms with E-state index in [2.05, 4.69) is 5.32 Å². The van der Waals surface area contributed by atoms with Gasteiger partial charge in [0.05, 0.1) is 0 Å². The monoisotopic (exact) mass is 251 g/mol. The molecule has 0 radical (unpaired) electrons. The predicted octanol–water partition coefficient (Wildman–Crippen LogP) is 2.10. The van der Waals surface area contributed by atoms with Crippen LogP contribution in [-0.2, 0) is 9.59 Å². The molecule has 1 fully saturated rings. The van der Waals surface area contributed by atoms with Crippen molar-refractivity contribution in [3.8, 4) is 0 Å². The molecule has 0 aliphatic heterocycles. The highest BCUT2D eigenvalue weighted by molar-refractivity contribution is 5.85. The zero-order valence-electron chi connectivity index (χ0n) is 10.6. The Labute approximate surface area is 107 Å². The molecule has 0 heterocycles. The number of hydrogen-bond donors (Lipinski definition) is 2. The average molecular weight is 251 g/mol. The normalized spacial score (nSPS) is 22.9. The van der Waals surface area contributed by atoms with Crippen LogP contribution in [0, 0.1) is 11.8 Å². The van der Waals surface area contributed by atoms with E-state index in [1.165, 1.54) is 6.42 Å². The maximum absolute atomic E-state index is 12.0. The number of carbonyl (C=O) groups is 2. The zero-order valence-corrected chi connectivity index (χ0v) is 10.6. The van der Waals surface area contributed by atoms with Crippen molar-refractivity contribution in [2.45, 2.75) is 51.0 Å². The second-order valence-electron chi connectivity index (χ2n) is 5.36. The summed E-state index contributed by atoms with van der Waals surface area (Å²) in [4.78, 5) is 23.3. The van der Waals surface area contributed by atoms with E-state index in [0.29, 0.717) is 0 Å². The number of allylic oxidation sites excluding steroid dienone is 2. The molecular formula is C14H21NO3. The molecule has 1 atom stereocenters. The van der Waals surface area contributed by atoms with Crippen molar-refractivity contribution in [3.63, 3.8) is 0 Å². The molecule has 2 aliphatic carbocycles. The molecule has 0 spiro atoms. The summed E-state index contributed by atoms with van der Waals surface area (Å²) in [6.07, 6.45) is 10.6. The number of carboxylic acid groups (broad SMARTS) is 1. The van der Waals surface area contributed by atoms with Crippen molar-refractivity contribution in [1.82, 2.24) is 5.32 Å². The summed E-state index contributed by atoms with van der Waals surface area (Å²) in [5.41, 5.74) is 0. The van der Waals surface area contributed by atoms with Gasteiger partial charge in [0.2, 0.25) is 5.91 Å². The van der Waals surface area contributed by atoms with Crippen LogP contribution in [0.1, 0.15) is 44.9 Å². The average Bonchev–Trinajstić information content (AvgIpc) is 2.90. The number of amides is 1. The van der Waals surface area contributed by atoms with Gasteiger partial charge in [-0.25, -0.2) is 4.79 Å². The topological polar surface area (TPSA) is 66.4 Å². The lowest BCUT2D eigenvalue weighted by atomic mass is 9.83. The lowest BCUT2D eigenvalue weighted by molar-refractivity contribution is -0.144. The lowest BCUT2D eigenvalue weighted by Crippen LogP contribution is -2.48. The molecule has 2 N–H and O–H groups in total. The quantitative estimate of drug-likeness (QED) is 0.752. The summed E-state index contributed by atoms with van der Waals surface area (Å²) < 4.78 is 0. The molecule has 2 rings (SSSR count). The Morgan fingerprint density at radius 3 is 2.28 bits per heavy atom. The molecule has 4 nitrogen and oxygen atoms in total. The van der Waals surface area contributed by atoms with Crippen LogP contribution < -0.4 is 5.32 Å². The molecular weight excluding hydrogens is 230 g/mol. The first-order valence-electron chi connectivity index (χ1n) is 6.86. The second kappa shape index (κ2) is 6.03. The summed E-state index contributed by atoms with van der Waals surface area (Å²) in [5, 5.41) is 12.0. The molecule has 18 heavy (non-hydrogen) atoms. The maximum Gasteiger partial charge on any atom is 0.326 e. The van der Waals surface area contributed by atoms with Gasteiger partial charge in [0.25, 0.3) is 0 Å². The van der Waals surface area contributed by atoms with E-state index in [-0.39, 0.29) is 17.7 Å². The van der Waals surface area contributed by atoms with Crippen molar-refractivity contribution >= 4 is 11.9 Å². The third kappa shape index (κ3) is 3.12. The third-order valence-electron chi connectivity index (χ3n) is 4.06. The first kappa shape index (κ1) is 13.1. The predicted molar refractivity (Wildman–Crippen MR) is 68.0 cm³/mol. The van der Waals surface area contributed by atoms with Crippen LogP contribution in [0.3, 0.4) is 0 Å². The first-order chi connectivity index (χ1) is 8.68. The minimum atomic E-state index is -0.888.